The number of benzene rings is 2. The molecular weight excluding hydrogens is 314 g/mol. The molecule has 2 aromatic carbocycles. The number of rotatable bonds is 7. The molecule has 2 rings (SSSR count). The molecule has 0 saturated carbocycles. The fraction of sp³-hybridized carbons (Fsp3) is 0.222. The monoisotopic (exact) mass is 331 g/mol. The Labute approximate surface area is 140 Å². The van der Waals surface area contributed by atoms with Crippen LogP contribution in [0.3, 0.4) is 0 Å². The van der Waals surface area contributed by atoms with E-state index in [0.717, 1.165) is 5.56 Å². The number of hydrogen-bond donors (Lipinski definition) is 0. The van der Waals surface area contributed by atoms with Gasteiger partial charge in [-0.3, -0.25) is 9.69 Å². The highest BCUT2D eigenvalue weighted by Crippen LogP contribution is 2.16. The number of Topliss-reactive ketones (excluding diaryl/α,β-unsaturated/α-hetero) is 1. The summed E-state index contributed by atoms with van der Waals surface area (Å²) >= 11 is 5.52. The van der Waals surface area contributed by atoms with Crippen molar-refractivity contribution >= 4 is 29.2 Å². The van der Waals surface area contributed by atoms with Crippen LogP contribution in [0.2, 0.25) is 0 Å². The van der Waals surface area contributed by atoms with E-state index in [-0.39, 0.29) is 31.2 Å². The summed E-state index contributed by atoms with van der Waals surface area (Å²) in [6.07, 6.45) is -0.291. The molecule has 0 N–H and O–H groups in total. The van der Waals surface area contributed by atoms with Crippen LogP contribution in [0, 0.1) is 0 Å². The molecule has 4 nitrogen and oxygen atoms in total. The molecule has 0 aliphatic rings. The number of hydrogen-bond acceptors (Lipinski definition) is 3. The quantitative estimate of drug-likeness (QED) is 0.720. The molecule has 5 heteroatoms. The van der Waals surface area contributed by atoms with Gasteiger partial charge >= 0.3 is 6.09 Å². The maximum absolute atomic E-state index is 12.4. The average molecular weight is 332 g/mol. The number of anilines is 1. The van der Waals surface area contributed by atoms with E-state index in [1.807, 2.05) is 48.5 Å². The second-order valence-electron chi connectivity index (χ2n) is 4.95. The van der Waals surface area contributed by atoms with E-state index in [2.05, 4.69) is 0 Å². The molecule has 0 unspecified atom stereocenters. The highest BCUT2D eigenvalue weighted by Gasteiger charge is 2.18. The van der Waals surface area contributed by atoms with Crippen molar-refractivity contribution in [3.63, 3.8) is 0 Å². The summed E-state index contributed by atoms with van der Waals surface area (Å²) in [4.78, 5) is 25.3. The fourth-order valence-corrected chi connectivity index (χ4v) is 2.17. The minimum Gasteiger partial charge on any atom is -0.444 e. The number of carbonyl (C=O) groups excluding carboxylic acids is 2. The van der Waals surface area contributed by atoms with Crippen molar-refractivity contribution in [2.24, 2.45) is 0 Å². The van der Waals surface area contributed by atoms with Gasteiger partial charge < -0.3 is 4.74 Å². The largest absolute Gasteiger partial charge is 0.444 e. The van der Waals surface area contributed by atoms with Crippen LogP contribution in [0.25, 0.3) is 0 Å². The van der Waals surface area contributed by atoms with Gasteiger partial charge in [0.05, 0.1) is 5.88 Å². The number of para-hydroxylation sites is 1. The Hall–Kier alpha value is -2.33. The van der Waals surface area contributed by atoms with Gasteiger partial charge in [-0.05, 0) is 17.7 Å². The van der Waals surface area contributed by atoms with Gasteiger partial charge in [-0.25, -0.2) is 4.79 Å². The van der Waals surface area contributed by atoms with Crippen LogP contribution in [0.1, 0.15) is 12.0 Å². The second-order valence-corrected chi connectivity index (χ2v) is 5.22. The van der Waals surface area contributed by atoms with Gasteiger partial charge in [0, 0.05) is 18.7 Å². The van der Waals surface area contributed by atoms with E-state index in [0.29, 0.717) is 5.69 Å². The lowest BCUT2D eigenvalue weighted by atomic mass is 10.2. The van der Waals surface area contributed by atoms with Crippen molar-refractivity contribution < 1.29 is 14.3 Å². The third kappa shape index (κ3) is 5.42. The highest BCUT2D eigenvalue weighted by atomic mass is 35.5. The van der Waals surface area contributed by atoms with E-state index < -0.39 is 6.09 Å². The molecule has 0 aromatic heterocycles. The van der Waals surface area contributed by atoms with Crippen LogP contribution in [0.15, 0.2) is 60.7 Å². The molecule has 0 bridgehead atoms. The second kappa shape index (κ2) is 8.96. The van der Waals surface area contributed by atoms with E-state index in [9.17, 15) is 9.59 Å². The third-order valence-electron chi connectivity index (χ3n) is 3.26. The van der Waals surface area contributed by atoms with E-state index in [1.165, 1.54) is 4.90 Å². The molecule has 2 aromatic rings. The average Bonchev–Trinajstić information content (AvgIpc) is 2.61. The third-order valence-corrected chi connectivity index (χ3v) is 3.55. The number of alkyl halides is 1. The van der Waals surface area contributed by atoms with E-state index in [4.69, 9.17) is 16.3 Å². The molecule has 120 valence electrons. The molecule has 1 amide bonds. The Bertz CT molecular complexity index is 631. The normalized spacial score (nSPS) is 10.1. The first-order valence-corrected chi connectivity index (χ1v) is 7.85. The van der Waals surface area contributed by atoms with Crippen LogP contribution >= 0.6 is 11.6 Å². The Morgan fingerprint density at radius 3 is 2.17 bits per heavy atom. The molecular formula is C18H18ClNO3. The summed E-state index contributed by atoms with van der Waals surface area (Å²) in [6.45, 7) is 0.426. The van der Waals surface area contributed by atoms with Crippen molar-refractivity contribution in [1.29, 1.82) is 0 Å². The van der Waals surface area contributed by atoms with Gasteiger partial charge in [0.1, 0.15) is 12.4 Å². The predicted octanol–water partition coefficient (Wildman–Crippen LogP) is 4.03. The number of nitrogens with zero attached hydrogens (tertiary/aromatic N) is 1. The van der Waals surface area contributed by atoms with E-state index in [1.54, 1.807) is 12.1 Å². The Morgan fingerprint density at radius 1 is 0.957 bits per heavy atom. The predicted molar refractivity (Wildman–Crippen MR) is 90.8 cm³/mol. The molecule has 0 saturated heterocycles. The lowest BCUT2D eigenvalue weighted by Gasteiger charge is -2.22. The number of ether oxygens (including phenoxy) is 1. The number of carbonyl (C=O) groups is 2. The smallest absolute Gasteiger partial charge is 0.414 e. The van der Waals surface area contributed by atoms with Gasteiger partial charge in [0.25, 0.3) is 0 Å². The molecule has 0 atom stereocenters. The number of halogens is 1. The van der Waals surface area contributed by atoms with Crippen LogP contribution in [-0.4, -0.2) is 24.3 Å². The van der Waals surface area contributed by atoms with Crippen molar-refractivity contribution in [3.05, 3.63) is 66.2 Å². The molecule has 23 heavy (non-hydrogen) atoms. The summed E-state index contributed by atoms with van der Waals surface area (Å²) in [5.74, 6) is -0.162. The first-order chi connectivity index (χ1) is 11.2. The Kier molecular flexibility index (Phi) is 6.63. The minimum absolute atomic E-state index is 0.0539. The number of ketones is 1. The van der Waals surface area contributed by atoms with E-state index >= 15 is 0 Å². The topological polar surface area (TPSA) is 46.6 Å². The standard InChI is InChI=1S/C18H18ClNO3/c19-13-17(21)11-12-20(16-9-5-2-6-10-16)18(22)23-14-15-7-3-1-4-8-15/h1-10H,11-14H2. The number of amides is 1. The molecule has 0 radical (unpaired) electrons. The maximum atomic E-state index is 12.4. The van der Waals surface area contributed by atoms with Crippen LogP contribution < -0.4 is 4.90 Å². The summed E-state index contributed by atoms with van der Waals surface area (Å²) in [7, 11) is 0. The van der Waals surface area contributed by atoms with Gasteiger partial charge in [-0.2, -0.15) is 0 Å². The van der Waals surface area contributed by atoms with Crippen molar-refractivity contribution in [2.45, 2.75) is 13.0 Å². The van der Waals surface area contributed by atoms with Gasteiger partial charge in [-0.1, -0.05) is 48.5 Å². The molecule has 0 aliphatic carbocycles. The minimum atomic E-state index is -0.484. The summed E-state index contributed by atoms with van der Waals surface area (Å²) < 4.78 is 5.35. The van der Waals surface area contributed by atoms with Gasteiger partial charge in [0.2, 0.25) is 0 Å². The zero-order valence-corrected chi connectivity index (χ0v) is 13.4. The van der Waals surface area contributed by atoms with Gasteiger partial charge in [0.15, 0.2) is 0 Å². The first kappa shape index (κ1) is 17.0. The molecule has 0 heterocycles. The van der Waals surface area contributed by atoms with Gasteiger partial charge in [-0.15, -0.1) is 11.6 Å². The zero-order chi connectivity index (χ0) is 16.5. The molecule has 0 spiro atoms. The molecule has 0 fully saturated rings. The fourth-order valence-electron chi connectivity index (χ4n) is 2.03. The van der Waals surface area contributed by atoms with Crippen molar-refractivity contribution in [2.75, 3.05) is 17.3 Å². The van der Waals surface area contributed by atoms with Crippen LogP contribution in [-0.2, 0) is 16.1 Å². The lowest BCUT2D eigenvalue weighted by Crippen LogP contribution is -2.33. The lowest BCUT2D eigenvalue weighted by molar-refractivity contribution is -0.116. The zero-order valence-electron chi connectivity index (χ0n) is 12.7. The Morgan fingerprint density at radius 2 is 1.57 bits per heavy atom. The summed E-state index contributed by atoms with van der Waals surface area (Å²) in [6, 6.07) is 18.6. The Balaban J connectivity index is 2.03. The molecule has 0 aliphatic heterocycles. The van der Waals surface area contributed by atoms with Crippen LogP contribution in [0.4, 0.5) is 10.5 Å². The van der Waals surface area contributed by atoms with Crippen LogP contribution in [0.5, 0.6) is 0 Å². The maximum Gasteiger partial charge on any atom is 0.414 e. The SMILES string of the molecule is O=C(CCl)CCN(C(=O)OCc1ccccc1)c1ccccc1. The summed E-state index contributed by atoms with van der Waals surface area (Å²) in [5, 5.41) is 0. The summed E-state index contributed by atoms with van der Waals surface area (Å²) in [5.41, 5.74) is 1.60. The first-order valence-electron chi connectivity index (χ1n) is 7.31. The van der Waals surface area contributed by atoms with Crippen molar-refractivity contribution in [1.82, 2.24) is 0 Å². The highest BCUT2D eigenvalue weighted by molar-refractivity contribution is 6.27. The van der Waals surface area contributed by atoms with Crippen molar-refractivity contribution in [3.8, 4) is 0 Å².